The van der Waals surface area contributed by atoms with Crippen molar-refractivity contribution in [3.63, 3.8) is 0 Å². The van der Waals surface area contributed by atoms with Gasteiger partial charge in [0.2, 0.25) is 5.95 Å². The Morgan fingerprint density at radius 1 is 1.14 bits per heavy atom. The first kappa shape index (κ1) is 13.1. The zero-order valence-electron chi connectivity index (χ0n) is 11.7. The first-order valence-corrected chi connectivity index (χ1v) is 8.76. The number of hydrogen-bond donors (Lipinski definition) is 1. The summed E-state index contributed by atoms with van der Waals surface area (Å²) in [6.07, 6.45) is 3.73. The van der Waals surface area contributed by atoms with Crippen LogP contribution in [0.3, 0.4) is 0 Å². The van der Waals surface area contributed by atoms with Gasteiger partial charge in [-0.3, -0.25) is 0 Å². The summed E-state index contributed by atoms with van der Waals surface area (Å²) in [5.74, 6) is 0.689. The van der Waals surface area contributed by atoms with Crippen LogP contribution in [-0.4, -0.2) is 17.0 Å². The summed E-state index contributed by atoms with van der Waals surface area (Å²) in [6.45, 7) is 0. The molecule has 0 aliphatic heterocycles. The molecule has 0 unspecified atom stereocenters. The van der Waals surface area contributed by atoms with E-state index in [2.05, 4.69) is 44.9 Å². The van der Waals surface area contributed by atoms with Crippen molar-refractivity contribution in [2.45, 2.75) is 29.2 Å². The number of fused-ring (bicyclic) bond motifs is 2. The molecule has 0 amide bonds. The molecule has 4 rings (SSSR count). The molecule has 0 radical (unpaired) electrons. The number of hydrogen-bond acceptors (Lipinski definition) is 5. The van der Waals surface area contributed by atoms with Crippen LogP contribution in [0.5, 0.6) is 0 Å². The van der Waals surface area contributed by atoms with Crippen molar-refractivity contribution < 1.29 is 0 Å². The molecule has 0 bridgehead atoms. The Kier molecular flexibility index (Phi) is 3.31. The molecule has 1 aromatic carbocycles. The molecule has 1 N–H and O–H groups in total. The number of anilines is 1. The summed E-state index contributed by atoms with van der Waals surface area (Å²) in [4.78, 5) is 11.4. The Bertz CT molecular complexity index is 810. The molecule has 0 saturated heterocycles. The number of benzene rings is 1. The lowest BCUT2D eigenvalue weighted by Gasteiger charge is -2.07. The monoisotopic (exact) mass is 313 g/mol. The van der Waals surface area contributed by atoms with E-state index in [-0.39, 0.29) is 0 Å². The number of nitrogens with one attached hydrogen (secondary N) is 1. The molecule has 3 nitrogen and oxygen atoms in total. The van der Waals surface area contributed by atoms with Crippen LogP contribution in [0.2, 0.25) is 0 Å². The molecule has 21 heavy (non-hydrogen) atoms. The molecule has 0 fully saturated rings. The number of nitrogens with zero attached hydrogens (tertiary/aromatic N) is 2. The fourth-order valence-electron chi connectivity index (χ4n) is 2.74. The van der Waals surface area contributed by atoms with Gasteiger partial charge in [0.1, 0.15) is 9.86 Å². The zero-order valence-corrected chi connectivity index (χ0v) is 13.4. The molecule has 1 aliphatic carbocycles. The SMILES string of the molecule is CNc1nc(Sc2ccc3c(c2)CCC3)c2ccsc2n1. The number of aryl methyl sites for hydroxylation is 2. The maximum absolute atomic E-state index is 4.63. The van der Waals surface area contributed by atoms with Crippen LogP contribution in [-0.2, 0) is 12.8 Å². The van der Waals surface area contributed by atoms with Crippen LogP contribution in [0.15, 0.2) is 39.6 Å². The van der Waals surface area contributed by atoms with Crippen molar-refractivity contribution in [1.29, 1.82) is 0 Å². The number of aromatic nitrogens is 2. The third kappa shape index (κ3) is 2.40. The molecule has 106 valence electrons. The van der Waals surface area contributed by atoms with Gasteiger partial charge >= 0.3 is 0 Å². The van der Waals surface area contributed by atoms with Gasteiger partial charge in [-0.25, -0.2) is 9.97 Å². The summed E-state index contributed by atoms with van der Waals surface area (Å²) in [5, 5.41) is 7.30. The topological polar surface area (TPSA) is 37.8 Å². The minimum absolute atomic E-state index is 0.689. The van der Waals surface area contributed by atoms with E-state index in [9.17, 15) is 0 Å². The highest BCUT2D eigenvalue weighted by atomic mass is 32.2. The highest BCUT2D eigenvalue weighted by Crippen LogP contribution is 2.36. The molecule has 0 saturated carbocycles. The fraction of sp³-hybridized carbons (Fsp3) is 0.250. The first-order valence-electron chi connectivity index (χ1n) is 7.06. The highest BCUT2D eigenvalue weighted by molar-refractivity contribution is 7.99. The quantitative estimate of drug-likeness (QED) is 0.729. The second-order valence-electron chi connectivity index (χ2n) is 5.13. The summed E-state index contributed by atoms with van der Waals surface area (Å²) < 4.78 is 0. The van der Waals surface area contributed by atoms with E-state index in [1.807, 2.05) is 7.05 Å². The van der Waals surface area contributed by atoms with E-state index >= 15 is 0 Å². The second kappa shape index (κ2) is 5.31. The van der Waals surface area contributed by atoms with Gasteiger partial charge in [0.25, 0.3) is 0 Å². The molecule has 0 spiro atoms. The minimum atomic E-state index is 0.689. The van der Waals surface area contributed by atoms with Crippen molar-refractivity contribution in [1.82, 2.24) is 9.97 Å². The lowest BCUT2D eigenvalue weighted by Crippen LogP contribution is -1.97. The molecule has 0 atom stereocenters. The van der Waals surface area contributed by atoms with E-state index in [1.165, 1.54) is 35.3 Å². The van der Waals surface area contributed by atoms with Gasteiger partial charge in [0.05, 0.1) is 0 Å². The number of rotatable bonds is 3. The lowest BCUT2D eigenvalue weighted by atomic mass is 10.1. The van der Waals surface area contributed by atoms with Crippen molar-refractivity contribution in [3.8, 4) is 0 Å². The van der Waals surface area contributed by atoms with Crippen LogP contribution in [0, 0.1) is 0 Å². The van der Waals surface area contributed by atoms with Crippen LogP contribution < -0.4 is 5.32 Å². The molecular formula is C16H15N3S2. The first-order chi connectivity index (χ1) is 10.3. The summed E-state index contributed by atoms with van der Waals surface area (Å²) in [7, 11) is 1.86. The molecule has 2 aromatic heterocycles. The minimum Gasteiger partial charge on any atom is -0.357 e. The van der Waals surface area contributed by atoms with Crippen LogP contribution in [0.25, 0.3) is 10.2 Å². The zero-order chi connectivity index (χ0) is 14.2. The normalized spacial score (nSPS) is 13.6. The Morgan fingerprint density at radius 3 is 2.95 bits per heavy atom. The predicted octanol–water partition coefficient (Wildman–Crippen LogP) is 4.37. The van der Waals surface area contributed by atoms with Crippen LogP contribution >= 0.6 is 23.1 Å². The van der Waals surface area contributed by atoms with Crippen LogP contribution in [0.1, 0.15) is 17.5 Å². The average molecular weight is 313 g/mol. The maximum Gasteiger partial charge on any atom is 0.224 e. The van der Waals surface area contributed by atoms with Crippen molar-refractivity contribution in [2.24, 2.45) is 0 Å². The lowest BCUT2D eigenvalue weighted by molar-refractivity contribution is 0.911. The summed E-state index contributed by atoms with van der Waals surface area (Å²) >= 11 is 3.39. The maximum atomic E-state index is 4.63. The third-order valence-electron chi connectivity index (χ3n) is 3.80. The Morgan fingerprint density at radius 2 is 2.05 bits per heavy atom. The van der Waals surface area contributed by atoms with Gasteiger partial charge in [-0.05, 0) is 54.0 Å². The third-order valence-corrected chi connectivity index (χ3v) is 5.60. The second-order valence-corrected chi connectivity index (χ2v) is 7.08. The van der Waals surface area contributed by atoms with E-state index in [1.54, 1.807) is 23.1 Å². The number of thiophene rings is 1. The van der Waals surface area contributed by atoms with E-state index in [0.29, 0.717) is 5.95 Å². The van der Waals surface area contributed by atoms with Crippen molar-refractivity contribution in [2.75, 3.05) is 12.4 Å². The van der Waals surface area contributed by atoms with Crippen molar-refractivity contribution in [3.05, 3.63) is 40.8 Å². The van der Waals surface area contributed by atoms with E-state index < -0.39 is 0 Å². The molecule has 2 heterocycles. The van der Waals surface area contributed by atoms with Gasteiger partial charge in [-0.15, -0.1) is 11.3 Å². The average Bonchev–Trinajstić information content (AvgIpc) is 3.14. The smallest absolute Gasteiger partial charge is 0.224 e. The highest BCUT2D eigenvalue weighted by Gasteiger charge is 2.13. The van der Waals surface area contributed by atoms with E-state index in [4.69, 9.17) is 0 Å². The van der Waals surface area contributed by atoms with Crippen molar-refractivity contribution >= 4 is 39.3 Å². The van der Waals surface area contributed by atoms with Gasteiger partial charge < -0.3 is 5.32 Å². The van der Waals surface area contributed by atoms with Crippen LogP contribution in [0.4, 0.5) is 5.95 Å². The Balaban J connectivity index is 1.75. The molecule has 5 heteroatoms. The summed E-state index contributed by atoms with van der Waals surface area (Å²) in [6, 6.07) is 8.92. The standard InChI is InChI=1S/C16H15N3S2/c1-17-16-18-14-13(7-8-20-14)15(19-16)21-12-6-5-10-3-2-4-11(10)9-12/h5-9H,2-4H2,1H3,(H,17,18,19). The molecular weight excluding hydrogens is 298 g/mol. The molecule has 1 aliphatic rings. The molecule has 3 aromatic rings. The van der Waals surface area contributed by atoms with Gasteiger partial charge in [-0.2, -0.15) is 0 Å². The van der Waals surface area contributed by atoms with Gasteiger partial charge in [0.15, 0.2) is 0 Å². The largest absolute Gasteiger partial charge is 0.357 e. The summed E-state index contributed by atoms with van der Waals surface area (Å²) in [5.41, 5.74) is 3.02. The van der Waals surface area contributed by atoms with Gasteiger partial charge in [-0.1, -0.05) is 17.8 Å². The van der Waals surface area contributed by atoms with E-state index in [0.717, 1.165) is 15.2 Å². The Labute approximate surface area is 131 Å². The Hall–Kier alpha value is -1.59. The predicted molar refractivity (Wildman–Crippen MR) is 89.6 cm³/mol. The van der Waals surface area contributed by atoms with Gasteiger partial charge in [0, 0.05) is 17.3 Å². The fourth-order valence-corrected chi connectivity index (χ4v) is 4.54.